The zero-order valence-electron chi connectivity index (χ0n) is 14.5. The summed E-state index contributed by atoms with van der Waals surface area (Å²) in [6.45, 7) is 0.873. The Kier molecular flexibility index (Phi) is 5.92. The van der Waals surface area contributed by atoms with Crippen LogP contribution in [0.1, 0.15) is 21.3 Å². The van der Waals surface area contributed by atoms with Crippen LogP contribution in [0.25, 0.3) is 0 Å². The Morgan fingerprint density at radius 3 is 2.48 bits per heavy atom. The zero-order chi connectivity index (χ0) is 18.5. The van der Waals surface area contributed by atoms with Gasteiger partial charge in [-0.3, -0.25) is 0 Å². The maximum absolute atomic E-state index is 6.09. The van der Waals surface area contributed by atoms with Gasteiger partial charge < -0.3 is 4.57 Å². The fourth-order valence-corrected chi connectivity index (χ4v) is 4.86. The van der Waals surface area contributed by atoms with Gasteiger partial charge in [0.1, 0.15) is 6.33 Å². The fourth-order valence-electron chi connectivity index (χ4n) is 2.87. The van der Waals surface area contributed by atoms with E-state index in [1.54, 1.807) is 23.1 Å². The standard InChI is InChI=1S/C21H18ClN3S2/c22-18-10-8-17(9-11-18)20(16-5-2-1-3-6-16)27-21-24-23-15-25(21)13-12-19-7-4-14-26-19/h1-11,14-15,20H,12-13H2. The van der Waals surface area contributed by atoms with E-state index in [4.69, 9.17) is 11.6 Å². The van der Waals surface area contributed by atoms with Gasteiger partial charge >= 0.3 is 0 Å². The SMILES string of the molecule is Clc1ccc(C(Sc2nncn2CCc2cccs2)c2ccccc2)cc1. The summed E-state index contributed by atoms with van der Waals surface area (Å²) < 4.78 is 2.14. The van der Waals surface area contributed by atoms with Crippen molar-refractivity contribution in [3.63, 3.8) is 0 Å². The van der Waals surface area contributed by atoms with Crippen LogP contribution >= 0.6 is 34.7 Å². The van der Waals surface area contributed by atoms with Gasteiger partial charge in [-0.15, -0.1) is 21.5 Å². The van der Waals surface area contributed by atoms with Crippen molar-refractivity contribution >= 4 is 34.7 Å². The molecule has 1 atom stereocenters. The van der Waals surface area contributed by atoms with Gasteiger partial charge in [0.15, 0.2) is 5.16 Å². The molecule has 0 saturated heterocycles. The number of rotatable bonds is 7. The Morgan fingerprint density at radius 1 is 0.963 bits per heavy atom. The molecule has 1 unspecified atom stereocenters. The molecule has 0 aliphatic carbocycles. The molecule has 4 aromatic rings. The fraction of sp³-hybridized carbons (Fsp3) is 0.143. The molecule has 0 fully saturated rings. The summed E-state index contributed by atoms with van der Waals surface area (Å²) in [6, 6.07) is 22.8. The monoisotopic (exact) mass is 411 g/mol. The molecule has 2 aromatic carbocycles. The lowest BCUT2D eigenvalue weighted by Gasteiger charge is -2.17. The highest BCUT2D eigenvalue weighted by Crippen LogP contribution is 2.39. The van der Waals surface area contributed by atoms with Gasteiger partial charge in [0.2, 0.25) is 0 Å². The molecule has 0 bridgehead atoms. The first-order valence-corrected chi connectivity index (χ1v) is 10.8. The maximum Gasteiger partial charge on any atom is 0.191 e. The van der Waals surface area contributed by atoms with Crippen molar-refractivity contribution in [2.45, 2.75) is 23.4 Å². The third-order valence-electron chi connectivity index (χ3n) is 4.26. The molecule has 0 aliphatic heterocycles. The second-order valence-corrected chi connectivity index (χ2v) is 8.64. The van der Waals surface area contributed by atoms with E-state index in [-0.39, 0.29) is 5.25 Å². The van der Waals surface area contributed by atoms with Gasteiger partial charge in [-0.1, -0.05) is 71.9 Å². The van der Waals surface area contributed by atoms with Crippen molar-refractivity contribution in [3.8, 4) is 0 Å². The first-order valence-electron chi connectivity index (χ1n) is 8.67. The average molecular weight is 412 g/mol. The minimum absolute atomic E-state index is 0.133. The van der Waals surface area contributed by atoms with Crippen LogP contribution in [-0.4, -0.2) is 14.8 Å². The molecule has 27 heavy (non-hydrogen) atoms. The van der Waals surface area contributed by atoms with Crippen LogP contribution in [0.5, 0.6) is 0 Å². The van der Waals surface area contributed by atoms with E-state index in [9.17, 15) is 0 Å². The minimum Gasteiger partial charge on any atom is -0.308 e. The normalized spacial score (nSPS) is 12.2. The molecule has 0 radical (unpaired) electrons. The van der Waals surface area contributed by atoms with Gasteiger partial charge in [0.05, 0.1) is 5.25 Å². The molecule has 0 saturated carbocycles. The number of hydrogen-bond acceptors (Lipinski definition) is 4. The van der Waals surface area contributed by atoms with E-state index in [0.29, 0.717) is 0 Å². The third-order valence-corrected chi connectivity index (χ3v) is 6.75. The maximum atomic E-state index is 6.09. The predicted molar refractivity (Wildman–Crippen MR) is 114 cm³/mol. The van der Waals surface area contributed by atoms with Crippen molar-refractivity contribution in [1.29, 1.82) is 0 Å². The molecular weight excluding hydrogens is 394 g/mol. The molecule has 0 amide bonds. The van der Waals surface area contributed by atoms with Crippen LogP contribution in [0.3, 0.4) is 0 Å². The van der Waals surface area contributed by atoms with Gasteiger partial charge in [0, 0.05) is 16.4 Å². The van der Waals surface area contributed by atoms with E-state index in [2.05, 4.69) is 68.7 Å². The van der Waals surface area contributed by atoms with Crippen LogP contribution in [0.15, 0.2) is 83.6 Å². The van der Waals surface area contributed by atoms with Crippen LogP contribution in [0.4, 0.5) is 0 Å². The second-order valence-electron chi connectivity index (χ2n) is 6.10. The van der Waals surface area contributed by atoms with E-state index in [1.807, 2.05) is 24.5 Å². The number of hydrogen-bond donors (Lipinski definition) is 0. The van der Waals surface area contributed by atoms with Gasteiger partial charge in [0.25, 0.3) is 0 Å². The van der Waals surface area contributed by atoms with Crippen molar-refractivity contribution in [2.24, 2.45) is 0 Å². The summed E-state index contributed by atoms with van der Waals surface area (Å²) >= 11 is 9.60. The molecule has 0 aliphatic rings. The van der Waals surface area contributed by atoms with Crippen LogP contribution in [-0.2, 0) is 13.0 Å². The summed E-state index contributed by atoms with van der Waals surface area (Å²) in [4.78, 5) is 1.37. The van der Waals surface area contributed by atoms with Crippen molar-refractivity contribution in [2.75, 3.05) is 0 Å². The topological polar surface area (TPSA) is 30.7 Å². The minimum atomic E-state index is 0.133. The molecule has 2 heterocycles. The van der Waals surface area contributed by atoms with E-state index >= 15 is 0 Å². The first kappa shape index (κ1) is 18.3. The van der Waals surface area contributed by atoms with Crippen molar-refractivity contribution in [3.05, 3.63) is 99.5 Å². The molecule has 2 aromatic heterocycles. The summed E-state index contributed by atoms with van der Waals surface area (Å²) in [5, 5.41) is 12.4. The largest absolute Gasteiger partial charge is 0.308 e. The lowest BCUT2D eigenvalue weighted by atomic mass is 10.0. The Labute approximate surface area is 172 Å². The lowest BCUT2D eigenvalue weighted by Crippen LogP contribution is -2.04. The quantitative estimate of drug-likeness (QED) is 0.343. The summed E-state index contributed by atoms with van der Waals surface area (Å²) in [6.07, 6.45) is 2.81. The highest BCUT2D eigenvalue weighted by Gasteiger charge is 2.19. The number of thioether (sulfide) groups is 1. The second kappa shape index (κ2) is 8.74. The number of halogens is 1. The Bertz CT molecular complexity index is 966. The highest BCUT2D eigenvalue weighted by molar-refractivity contribution is 7.99. The molecule has 4 rings (SSSR count). The van der Waals surface area contributed by atoms with Crippen LogP contribution in [0, 0.1) is 0 Å². The predicted octanol–water partition coefficient (Wildman–Crippen LogP) is 6.12. The third kappa shape index (κ3) is 4.61. The Balaban J connectivity index is 1.59. The Morgan fingerprint density at radius 2 is 1.74 bits per heavy atom. The number of aromatic nitrogens is 3. The van der Waals surface area contributed by atoms with Gasteiger partial charge in [-0.25, -0.2) is 0 Å². The number of aryl methyl sites for hydroxylation is 2. The van der Waals surface area contributed by atoms with Gasteiger partial charge in [-0.05, 0) is 41.1 Å². The average Bonchev–Trinajstić information content (AvgIpc) is 3.38. The molecule has 0 N–H and O–H groups in total. The number of thiophene rings is 1. The van der Waals surface area contributed by atoms with Crippen LogP contribution < -0.4 is 0 Å². The van der Waals surface area contributed by atoms with E-state index < -0.39 is 0 Å². The molecule has 136 valence electrons. The van der Waals surface area contributed by atoms with Crippen molar-refractivity contribution in [1.82, 2.24) is 14.8 Å². The molecule has 0 spiro atoms. The van der Waals surface area contributed by atoms with Crippen LogP contribution in [0.2, 0.25) is 5.02 Å². The zero-order valence-corrected chi connectivity index (χ0v) is 16.9. The lowest BCUT2D eigenvalue weighted by molar-refractivity contribution is 0.637. The molecule has 3 nitrogen and oxygen atoms in total. The van der Waals surface area contributed by atoms with Crippen molar-refractivity contribution < 1.29 is 0 Å². The number of nitrogens with zero attached hydrogens (tertiary/aromatic N) is 3. The van der Waals surface area contributed by atoms with E-state index in [0.717, 1.165) is 23.1 Å². The smallest absolute Gasteiger partial charge is 0.191 e. The summed E-state index contributed by atoms with van der Waals surface area (Å²) in [5.41, 5.74) is 2.43. The van der Waals surface area contributed by atoms with Gasteiger partial charge in [-0.2, -0.15) is 0 Å². The Hall–Kier alpha value is -2.08. The summed E-state index contributed by atoms with van der Waals surface area (Å²) in [7, 11) is 0. The number of benzene rings is 2. The highest BCUT2D eigenvalue weighted by atomic mass is 35.5. The molecule has 6 heteroatoms. The molecular formula is C21H18ClN3S2. The first-order chi connectivity index (χ1) is 13.3. The van der Waals surface area contributed by atoms with E-state index in [1.165, 1.54) is 16.0 Å². The summed E-state index contributed by atoms with van der Waals surface area (Å²) in [5.74, 6) is 0.